The molecule has 0 aliphatic carbocycles. The molecule has 2 aromatic heterocycles. The van der Waals surface area contributed by atoms with Crippen LogP contribution in [0.25, 0.3) is 5.52 Å². The van der Waals surface area contributed by atoms with Crippen LogP contribution < -0.4 is 20.9 Å². The number of benzene rings is 2. The van der Waals surface area contributed by atoms with Gasteiger partial charge in [-0.25, -0.2) is 4.52 Å². The fourth-order valence-electron chi connectivity index (χ4n) is 4.76. The van der Waals surface area contributed by atoms with E-state index in [0.717, 1.165) is 36.3 Å². The zero-order chi connectivity index (χ0) is 25.2. The second-order valence-electron chi connectivity index (χ2n) is 9.10. The number of fused-ring (bicyclic) bond motifs is 1. The Hall–Kier alpha value is -3.33. The lowest BCUT2D eigenvalue weighted by atomic mass is 10.0. The van der Waals surface area contributed by atoms with E-state index >= 15 is 0 Å². The Morgan fingerprint density at radius 3 is 2.76 bits per heavy atom. The van der Waals surface area contributed by atoms with Gasteiger partial charge in [0.25, 0.3) is 5.56 Å². The highest BCUT2D eigenvalue weighted by atomic mass is 35.5. The van der Waals surface area contributed by atoms with Crippen molar-refractivity contribution in [2.45, 2.75) is 31.8 Å². The Morgan fingerprint density at radius 1 is 1.19 bits per heavy atom. The van der Waals surface area contributed by atoms with Crippen molar-refractivity contribution in [3.05, 3.63) is 93.0 Å². The molecule has 1 fully saturated rings. The molecule has 3 heterocycles. The van der Waals surface area contributed by atoms with Crippen molar-refractivity contribution < 1.29 is 9.53 Å². The van der Waals surface area contributed by atoms with Gasteiger partial charge in [-0.15, -0.1) is 17.5 Å². The summed E-state index contributed by atoms with van der Waals surface area (Å²) in [7, 11) is 1.55. The molecule has 1 atom stereocenters. The van der Waals surface area contributed by atoms with Crippen LogP contribution in [0, 0.1) is 0 Å². The Balaban J connectivity index is 0.00000320. The fraction of sp³-hybridized carbons (Fsp3) is 0.296. The number of hydrogen-bond donors (Lipinski definition) is 1. The van der Waals surface area contributed by atoms with Crippen LogP contribution in [0.5, 0.6) is 5.75 Å². The molecule has 37 heavy (non-hydrogen) atoms. The molecule has 4 aromatic rings. The minimum Gasteiger partial charge on any atom is -0.497 e. The van der Waals surface area contributed by atoms with Gasteiger partial charge in [0, 0.05) is 54.1 Å². The molecular weight excluding hydrogens is 513 g/mol. The van der Waals surface area contributed by atoms with Gasteiger partial charge in [0.15, 0.2) is 11.6 Å². The van der Waals surface area contributed by atoms with Gasteiger partial charge in [0.05, 0.1) is 13.7 Å². The molecule has 10 heteroatoms. The third-order valence-corrected chi connectivity index (χ3v) is 7.00. The highest BCUT2D eigenvalue weighted by Crippen LogP contribution is 2.29. The molecule has 1 aliphatic rings. The number of halogens is 2. The second-order valence-corrected chi connectivity index (χ2v) is 9.51. The first-order valence-electron chi connectivity index (χ1n) is 12.0. The molecule has 194 valence electrons. The maximum atomic E-state index is 13.7. The number of piperidine rings is 1. The number of rotatable bonds is 7. The summed E-state index contributed by atoms with van der Waals surface area (Å²) in [4.78, 5) is 28.9. The predicted molar refractivity (Wildman–Crippen MR) is 148 cm³/mol. The minimum absolute atomic E-state index is 0. The molecule has 2 N–H and O–H groups in total. The van der Waals surface area contributed by atoms with Crippen LogP contribution in [0.4, 0.5) is 5.82 Å². The minimum atomic E-state index is -0.282. The average Bonchev–Trinajstić information content (AvgIpc) is 3.26. The SMILES string of the molecule is COc1cccc(C(=O)Cn2ccn3nc(N4CCC[C@@H](N)C4)c(Cc4ccccc4Cl)c3c2=O)c1.Cl. The zero-order valence-corrected chi connectivity index (χ0v) is 22.0. The number of ketones is 1. The molecule has 0 bridgehead atoms. The molecule has 1 aliphatic heterocycles. The van der Waals surface area contributed by atoms with Crippen molar-refractivity contribution >= 4 is 41.1 Å². The number of nitrogens with zero attached hydrogens (tertiary/aromatic N) is 4. The highest BCUT2D eigenvalue weighted by Gasteiger charge is 2.26. The Labute approximate surface area is 226 Å². The van der Waals surface area contributed by atoms with E-state index in [1.54, 1.807) is 48.3 Å². The van der Waals surface area contributed by atoms with Crippen LogP contribution in [-0.2, 0) is 13.0 Å². The molecule has 0 unspecified atom stereocenters. The number of anilines is 1. The van der Waals surface area contributed by atoms with E-state index in [1.165, 1.54) is 4.57 Å². The van der Waals surface area contributed by atoms with Gasteiger partial charge < -0.3 is 19.9 Å². The number of hydrogen-bond acceptors (Lipinski definition) is 6. The van der Waals surface area contributed by atoms with Gasteiger partial charge in [0.2, 0.25) is 0 Å². The van der Waals surface area contributed by atoms with Gasteiger partial charge in [0.1, 0.15) is 11.3 Å². The van der Waals surface area contributed by atoms with Gasteiger partial charge in [-0.2, -0.15) is 0 Å². The number of ether oxygens (including phenoxy) is 1. The summed E-state index contributed by atoms with van der Waals surface area (Å²) in [5, 5.41) is 5.42. The summed E-state index contributed by atoms with van der Waals surface area (Å²) < 4.78 is 8.27. The summed E-state index contributed by atoms with van der Waals surface area (Å²) >= 11 is 6.49. The summed E-state index contributed by atoms with van der Waals surface area (Å²) in [5.41, 5.74) is 8.58. The van der Waals surface area contributed by atoms with Gasteiger partial charge in [-0.1, -0.05) is 41.9 Å². The standard InChI is InChI=1S/C27H28ClN5O3.ClH/c1-36-21-9-4-7-19(14-21)24(34)17-32-12-13-33-25(27(32)35)22(15-18-6-2-3-10-23(18)28)26(30-33)31-11-5-8-20(29)16-31;/h2-4,6-7,9-10,12-14,20H,5,8,11,15-17,29H2,1H3;1H/t20-;/m1./s1. The molecule has 0 radical (unpaired) electrons. The number of carbonyl (C=O) groups excluding carboxylic acids is 1. The molecule has 0 amide bonds. The first-order chi connectivity index (χ1) is 17.4. The molecule has 5 rings (SSSR count). The van der Waals surface area contributed by atoms with E-state index in [1.807, 2.05) is 24.3 Å². The van der Waals surface area contributed by atoms with Gasteiger partial charge in [-0.3, -0.25) is 9.59 Å². The van der Waals surface area contributed by atoms with E-state index in [0.29, 0.717) is 34.8 Å². The van der Waals surface area contributed by atoms with Crippen LogP contribution in [0.3, 0.4) is 0 Å². The van der Waals surface area contributed by atoms with Crippen molar-refractivity contribution in [2.24, 2.45) is 5.73 Å². The van der Waals surface area contributed by atoms with Crippen molar-refractivity contribution in [1.82, 2.24) is 14.2 Å². The van der Waals surface area contributed by atoms with Gasteiger partial charge >= 0.3 is 0 Å². The first-order valence-corrected chi connectivity index (χ1v) is 12.3. The van der Waals surface area contributed by atoms with E-state index in [-0.39, 0.29) is 36.3 Å². The third kappa shape index (κ3) is 5.51. The molecule has 2 aromatic carbocycles. The average molecular weight is 542 g/mol. The zero-order valence-electron chi connectivity index (χ0n) is 20.5. The first kappa shape index (κ1) is 26.7. The molecule has 1 saturated heterocycles. The number of nitrogens with two attached hydrogens (primary N) is 1. The Kier molecular flexibility index (Phi) is 8.22. The van der Waals surface area contributed by atoms with Crippen molar-refractivity contribution in [3.63, 3.8) is 0 Å². The predicted octanol–water partition coefficient (Wildman–Crippen LogP) is 3.98. The smallest absolute Gasteiger partial charge is 0.277 e. The van der Waals surface area contributed by atoms with Crippen molar-refractivity contribution in [1.29, 1.82) is 0 Å². The Morgan fingerprint density at radius 2 is 2.00 bits per heavy atom. The van der Waals surface area contributed by atoms with Gasteiger partial charge in [-0.05, 0) is 36.6 Å². The van der Waals surface area contributed by atoms with Crippen LogP contribution in [0.2, 0.25) is 5.02 Å². The third-order valence-electron chi connectivity index (χ3n) is 6.63. The molecule has 0 spiro atoms. The maximum Gasteiger partial charge on any atom is 0.277 e. The summed E-state index contributed by atoms with van der Waals surface area (Å²) in [6.07, 6.45) is 5.68. The molecule has 0 saturated carbocycles. The fourth-order valence-corrected chi connectivity index (χ4v) is 4.96. The van der Waals surface area contributed by atoms with Crippen molar-refractivity contribution in [2.75, 3.05) is 25.1 Å². The topological polar surface area (TPSA) is 94.9 Å². The monoisotopic (exact) mass is 541 g/mol. The molecular formula is C27H29Cl2N5O3. The van der Waals surface area contributed by atoms with E-state index in [2.05, 4.69) is 4.90 Å². The lowest BCUT2D eigenvalue weighted by Gasteiger charge is -2.31. The number of Topliss-reactive ketones (excluding diaryl/α,β-unsaturated/α-hetero) is 1. The van der Waals surface area contributed by atoms with Crippen LogP contribution in [0.15, 0.2) is 65.7 Å². The van der Waals surface area contributed by atoms with Crippen LogP contribution in [-0.4, -0.2) is 46.2 Å². The van der Waals surface area contributed by atoms with E-state index in [4.69, 9.17) is 27.2 Å². The second kappa shape index (κ2) is 11.4. The summed E-state index contributed by atoms with van der Waals surface area (Å²) in [5.74, 6) is 1.14. The Bertz CT molecular complexity index is 1480. The number of aromatic nitrogens is 3. The van der Waals surface area contributed by atoms with Crippen molar-refractivity contribution in [3.8, 4) is 5.75 Å². The van der Waals surface area contributed by atoms with Crippen LogP contribution in [0.1, 0.15) is 34.3 Å². The number of methoxy groups -OCH3 is 1. The number of carbonyl (C=O) groups is 1. The highest BCUT2D eigenvalue weighted by molar-refractivity contribution is 6.31. The summed E-state index contributed by atoms with van der Waals surface area (Å²) in [6, 6.07) is 14.6. The lowest BCUT2D eigenvalue weighted by molar-refractivity contribution is 0.0970. The normalized spacial score (nSPS) is 15.4. The van der Waals surface area contributed by atoms with E-state index in [9.17, 15) is 9.59 Å². The maximum absolute atomic E-state index is 13.7. The van der Waals surface area contributed by atoms with E-state index < -0.39 is 0 Å². The largest absolute Gasteiger partial charge is 0.497 e. The lowest BCUT2D eigenvalue weighted by Crippen LogP contribution is -2.43. The van der Waals surface area contributed by atoms with Crippen LogP contribution >= 0.6 is 24.0 Å². The molecule has 8 nitrogen and oxygen atoms in total. The summed E-state index contributed by atoms with van der Waals surface area (Å²) in [6.45, 7) is 1.39. The quantitative estimate of drug-likeness (QED) is 0.355.